The van der Waals surface area contributed by atoms with Gasteiger partial charge in [0.25, 0.3) is 0 Å². The Balaban J connectivity index is 0.000000711. The van der Waals surface area contributed by atoms with Gasteiger partial charge < -0.3 is 19.7 Å². The van der Waals surface area contributed by atoms with Crippen LogP contribution >= 0.6 is 0 Å². The Bertz CT molecular complexity index is 263. The van der Waals surface area contributed by atoms with Gasteiger partial charge in [-0.3, -0.25) is 0 Å². The van der Waals surface area contributed by atoms with E-state index in [9.17, 15) is 0 Å². The van der Waals surface area contributed by atoms with E-state index in [0.717, 1.165) is 6.92 Å². The average Bonchev–Trinajstić information content (AvgIpc) is 2.64. The fourth-order valence-electron chi connectivity index (χ4n) is 2.01. The fourth-order valence-corrected chi connectivity index (χ4v) is 2.01. The monoisotopic (exact) mass is 269 g/mol. The summed E-state index contributed by atoms with van der Waals surface area (Å²) in [7, 11) is 2.14. The summed E-state index contributed by atoms with van der Waals surface area (Å²) in [5.74, 6) is -1.08. The number of rotatable bonds is 7. The molecule has 4 nitrogen and oxygen atoms in total. The van der Waals surface area contributed by atoms with Crippen LogP contribution in [-0.2, 0) is 4.79 Å². The molecule has 4 heteroatoms. The molecule has 1 aliphatic rings. The van der Waals surface area contributed by atoms with E-state index in [2.05, 4.69) is 43.1 Å². The number of hydrogen-bond acceptors (Lipinski definition) is 4. The topological polar surface area (TPSA) is 46.6 Å². The van der Waals surface area contributed by atoms with Crippen LogP contribution in [0.2, 0.25) is 0 Å². The molecule has 1 atom stereocenters. The van der Waals surface area contributed by atoms with Gasteiger partial charge in [-0.1, -0.05) is 39.0 Å². The van der Waals surface area contributed by atoms with E-state index >= 15 is 0 Å². The van der Waals surface area contributed by atoms with Crippen LogP contribution in [0.4, 0.5) is 0 Å². The van der Waals surface area contributed by atoms with Gasteiger partial charge in [0, 0.05) is 32.0 Å². The molecule has 0 saturated heterocycles. The number of carboxylic acids is 1. The molecule has 19 heavy (non-hydrogen) atoms. The molecule has 1 aliphatic heterocycles. The van der Waals surface area contributed by atoms with Crippen LogP contribution in [0.1, 0.15) is 59.3 Å². The van der Waals surface area contributed by atoms with Crippen molar-refractivity contribution in [2.24, 2.45) is 0 Å². The van der Waals surface area contributed by atoms with E-state index in [1.54, 1.807) is 0 Å². The molecule has 112 valence electrons. The highest BCUT2D eigenvalue weighted by atomic mass is 16.4. The van der Waals surface area contributed by atoms with Crippen molar-refractivity contribution in [3.63, 3.8) is 0 Å². The highest BCUT2D eigenvalue weighted by Gasteiger charge is 2.17. The minimum Gasteiger partial charge on any atom is -0.550 e. The van der Waals surface area contributed by atoms with Crippen LogP contribution in [-0.4, -0.2) is 35.5 Å². The van der Waals surface area contributed by atoms with E-state index in [1.807, 2.05) is 0 Å². The number of carboxylic acid groups (broad SMARTS) is 1. The number of carbonyl (C=O) groups is 1. The van der Waals surface area contributed by atoms with Crippen molar-refractivity contribution < 1.29 is 9.90 Å². The second kappa shape index (κ2) is 10.7. The van der Waals surface area contributed by atoms with Crippen molar-refractivity contribution in [1.82, 2.24) is 9.80 Å². The number of nitrogens with zero attached hydrogens (tertiary/aromatic N) is 2. The largest absolute Gasteiger partial charge is 0.550 e. The zero-order chi connectivity index (χ0) is 14.7. The Morgan fingerprint density at radius 2 is 1.68 bits per heavy atom. The van der Waals surface area contributed by atoms with E-state index in [4.69, 9.17) is 9.90 Å². The Morgan fingerprint density at radius 1 is 1.16 bits per heavy atom. The van der Waals surface area contributed by atoms with E-state index in [-0.39, 0.29) is 0 Å². The number of hydrogen-bond donors (Lipinski definition) is 0. The molecule has 0 saturated carbocycles. The van der Waals surface area contributed by atoms with Crippen molar-refractivity contribution in [2.75, 3.05) is 13.6 Å². The molecular weight excluding hydrogens is 240 g/mol. The van der Waals surface area contributed by atoms with Crippen LogP contribution in [0.5, 0.6) is 0 Å². The molecular formula is C15H29N2O2-. The molecule has 0 aromatic rings. The maximum atomic E-state index is 8.89. The first-order valence-corrected chi connectivity index (χ1v) is 7.32. The van der Waals surface area contributed by atoms with Crippen LogP contribution in [0.15, 0.2) is 12.4 Å². The summed E-state index contributed by atoms with van der Waals surface area (Å²) in [5, 5.41) is 8.89. The van der Waals surface area contributed by atoms with Crippen LogP contribution in [0, 0.1) is 0 Å². The lowest BCUT2D eigenvalue weighted by Gasteiger charge is -2.26. The van der Waals surface area contributed by atoms with Gasteiger partial charge in [-0.25, -0.2) is 0 Å². The standard InChI is InChI=1S/C13H26N2.C2H4O2/c1-4-5-6-7-8-9-10-15-12-11-14(3)13(15)2;1-2(3)4/h11-13H,4-10H2,1-3H3;1H3,(H,3,4)/p-1. The van der Waals surface area contributed by atoms with Crippen LogP contribution in [0.3, 0.4) is 0 Å². The molecule has 1 heterocycles. The Hall–Kier alpha value is -1.19. The summed E-state index contributed by atoms with van der Waals surface area (Å²) in [6, 6.07) is 0. The molecule has 0 fully saturated rings. The zero-order valence-electron chi connectivity index (χ0n) is 12.9. The van der Waals surface area contributed by atoms with Crippen molar-refractivity contribution in [2.45, 2.75) is 65.5 Å². The zero-order valence-corrected chi connectivity index (χ0v) is 12.9. The molecule has 1 rings (SSSR count). The van der Waals surface area contributed by atoms with Gasteiger partial charge >= 0.3 is 0 Å². The lowest BCUT2D eigenvalue weighted by Crippen LogP contribution is -2.34. The third-order valence-electron chi connectivity index (χ3n) is 3.33. The number of carbonyl (C=O) groups excluding carboxylic acids is 1. The predicted octanol–water partition coefficient (Wildman–Crippen LogP) is 2.17. The molecule has 0 aromatic carbocycles. The summed E-state index contributed by atoms with van der Waals surface area (Å²) >= 11 is 0. The quantitative estimate of drug-likeness (QED) is 0.665. The van der Waals surface area contributed by atoms with Crippen LogP contribution in [0.25, 0.3) is 0 Å². The third-order valence-corrected chi connectivity index (χ3v) is 3.33. The Morgan fingerprint density at radius 3 is 2.16 bits per heavy atom. The van der Waals surface area contributed by atoms with Gasteiger partial charge in [0.1, 0.15) is 0 Å². The summed E-state index contributed by atoms with van der Waals surface area (Å²) in [5.41, 5.74) is 0. The summed E-state index contributed by atoms with van der Waals surface area (Å²) < 4.78 is 0. The van der Waals surface area contributed by atoms with Crippen LogP contribution < -0.4 is 5.11 Å². The fraction of sp³-hybridized carbons (Fsp3) is 0.800. The lowest BCUT2D eigenvalue weighted by atomic mass is 10.1. The van der Waals surface area contributed by atoms with E-state index in [1.165, 1.54) is 45.1 Å². The smallest absolute Gasteiger partial charge is 0.0974 e. The van der Waals surface area contributed by atoms with Crippen molar-refractivity contribution in [1.29, 1.82) is 0 Å². The molecule has 0 spiro atoms. The lowest BCUT2D eigenvalue weighted by molar-refractivity contribution is -0.302. The van der Waals surface area contributed by atoms with Gasteiger partial charge in [-0.2, -0.15) is 0 Å². The van der Waals surface area contributed by atoms with Gasteiger partial charge in [0.15, 0.2) is 0 Å². The van der Waals surface area contributed by atoms with Crippen molar-refractivity contribution >= 4 is 5.97 Å². The van der Waals surface area contributed by atoms with E-state index in [0.29, 0.717) is 6.17 Å². The molecule has 0 aliphatic carbocycles. The van der Waals surface area contributed by atoms with Gasteiger partial charge in [0.2, 0.25) is 0 Å². The van der Waals surface area contributed by atoms with Crippen molar-refractivity contribution in [3.8, 4) is 0 Å². The average molecular weight is 269 g/mol. The first-order chi connectivity index (χ1) is 8.99. The normalized spacial score (nSPS) is 17.4. The first kappa shape index (κ1) is 17.8. The second-order valence-electron chi connectivity index (χ2n) is 5.09. The summed E-state index contributed by atoms with van der Waals surface area (Å²) in [6.07, 6.45) is 13.3. The summed E-state index contributed by atoms with van der Waals surface area (Å²) in [6.45, 7) is 6.72. The molecule has 0 radical (unpaired) electrons. The molecule has 0 bridgehead atoms. The van der Waals surface area contributed by atoms with E-state index < -0.39 is 5.97 Å². The highest BCUT2D eigenvalue weighted by Crippen LogP contribution is 2.14. The maximum Gasteiger partial charge on any atom is 0.0974 e. The number of unbranched alkanes of at least 4 members (excludes halogenated alkanes) is 5. The second-order valence-corrected chi connectivity index (χ2v) is 5.09. The SMILES string of the molecule is CC(=O)[O-].CCCCCCCCN1C=CN(C)C1C. The molecule has 1 unspecified atom stereocenters. The molecule has 0 N–H and O–H groups in total. The third kappa shape index (κ3) is 9.40. The van der Waals surface area contributed by atoms with Gasteiger partial charge in [-0.15, -0.1) is 0 Å². The maximum absolute atomic E-state index is 8.89. The van der Waals surface area contributed by atoms with Gasteiger partial charge in [-0.05, 0) is 20.3 Å². The summed E-state index contributed by atoms with van der Waals surface area (Å²) in [4.78, 5) is 13.6. The van der Waals surface area contributed by atoms with Crippen molar-refractivity contribution in [3.05, 3.63) is 12.4 Å². The predicted molar refractivity (Wildman–Crippen MR) is 77.1 cm³/mol. The minimum absolute atomic E-state index is 0.556. The highest BCUT2D eigenvalue weighted by molar-refractivity contribution is 5.60. The Kier molecular flexibility index (Phi) is 10.0. The molecule has 0 amide bonds. The minimum atomic E-state index is -1.08. The Labute approximate surface area is 118 Å². The molecule has 0 aromatic heterocycles. The number of aliphatic carboxylic acids is 1. The van der Waals surface area contributed by atoms with Gasteiger partial charge in [0.05, 0.1) is 6.17 Å². The first-order valence-electron chi connectivity index (χ1n) is 7.32.